The van der Waals surface area contributed by atoms with Crippen molar-refractivity contribution < 1.29 is 38.4 Å². The number of amides is 1. The average Bonchev–Trinajstić information content (AvgIpc) is 3.42. The SMILES string of the molecule is C=CCO[C@@]12Oc3ccc(Oc4ccc(-c5ccccc5)cc4)cc3[C@H]3[C@H](CCCCO)[C@@H](CCCCO)C=C(C(=NOCc4ccccc4)C[C@@H]1N(Cc1ccc(F)cc1)C(=O)c1ccc(C#N)cc1)[C@H]32. The van der Waals surface area contributed by atoms with Crippen molar-refractivity contribution in [1.82, 2.24) is 4.90 Å². The number of carbonyl (C=O) groups excluding carboxylic acids is 1. The molecule has 0 bridgehead atoms. The number of oxime groups is 1. The zero-order valence-electron chi connectivity index (χ0n) is 40.3. The van der Waals surface area contributed by atoms with Crippen molar-refractivity contribution in [2.45, 2.75) is 75.8 Å². The summed E-state index contributed by atoms with van der Waals surface area (Å²) in [5.41, 5.74) is 6.98. The van der Waals surface area contributed by atoms with Gasteiger partial charge in [0, 0.05) is 43.2 Å². The Morgan fingerprint density at radius 2 is 1.50 bits per heavy atom. The minimum atomic E-state index is -1.56. The molecule has 1 aliphatic heterocycles. The number of unbranched alkanes of at least 4 members (excludes halogenated alkanes) is 2. The van der Waals surface area contributed by atoms with Crippen molar-refractivity contribution in [3.05, 3.63) is 210 Å². The summed E-state index contributed by atoms with van der Waals surface area (Å²) in [7, 11) is 0. The fourth-order valence-corrected chi connectivity index (χ4v) is 10.9. The van der Waals surface area contributed by atoms with Crippen molar-refractivity contribution in [2.75, 3.05) is 19.8 Å². The van der Waals surface area contributed by atoms with E-state index in [0.29, 0.717) is 52.5 Å². The van der Waals surface area contributed by atoms with Gasteiger partial charge in [-0.05, 0) is 132 Å². The topological polar surface area (TPSA) is 134 Å². The van der Waals surface area contributed by atoms with Gasteiger partial charge in [-0.1, -0.05) is 115 Å². The van der Waals surface area contributed by atoms with Gasteiger partial charge in [-0.25, -0.2) is 4.39 Å². The second-order valence-corrected chi connectivity index (χ2v) is 18.8. The molecule has 6 atom stereocenters. The summed E-state index contributed by atoms with van der Waals surface area (Å²) in [6, 6.07) is 47.8. The Balaban J connectivity index is 1.23. The molecule has 3 aliphatic rings. The smallest absolute Gasteiger partial charge is 0.254 e. The summed E-state index contributed by atoms with van der Waals surface area (Å²) in [4.78, 5) is 23.5. The van der Waals surface area contributed by atoms with Crippen LogP contribution in [0.4, 0.5) is 4.39 Å². The number of aliphatic hydroxyl groups excluding tert-OH is 2. The first kappa shape index (κ1) is 49.6. The maximum Gasteiger partial charge on any atom is 0.254 e. The van der Waals surface area contributed by atoms with Gasteiger partial charge in [0.05, 0.1) is 29.9 Å². The van der Waals surface area contributed by atoms with Gasteiger partial charge in [-0.3, -0.25) is 4.79 Å². The Morgan fingerprint density at radius 3 is 2.19 bits per heavy atom. The van der Waals surface area contributed by atoms with E-state index < -0.39 is 23.6 Å². The molecule has 6 aromatic carbocycles. The molecule has 10 nitrogen and oxygen atoms in total. The van der Waals surface area contributed by atoms with Gasteiger partial charge >= 0.3 is 0 Å². The normalized spacial score (nSPS) is 21.3. The first-order valence-corrected chi connectivity index (χ1v) is 25.0. The van der Waals surface area contributed by atoms with Crippen molar-refractivity contribution in [3.63, 3.8) is 0 Å². The van der Waals surface area contributed by atoms with E-state index in [4.69, 9.17) is 24.2 Å². The van der Waals surface area contributed by atoms with E-state index in [1.807, 2.05) is 84.9 Å². The number of ether oxygens (including phenoxy) is 3. The van der Waals surface area contributed by atoms with Crippen molar-refractivity contribution >= 4 is 11.6 Å². The quantitative estimate of drug-likeness (QED) is 0.0414. The molecule has 1 fully saturated rings. The predicted molar refractivity (Wildman–Crippen MR) is 276 cm³/mol. The van der Waals surface area contributed by atoms with Crippen LogP contribution in [0, 0.1) is 34.9 Å². The monoisotopic (exact) mass is 965 g/mol. The van der Waals surface area contributed by atoms with Crippen LogP contribution in [0.25, 0.3) is 11.1 Å². The summed E-state index contributed by atoms with van der Waals surface area (Å²) in [5, 5.41) is 34.9. The molecule has 0 spiro atoms. The Kier molecular flexibility index (Phi) is 16.0. The highest BCUT2D eigenvalue weighted by atomic mass is 19.1. The van der Waals surface area contributed by atoms with Gasteiger partial charge in [-0.15, -0.1) is 6.58 Å². The Labute approximate surface area is 421 Å². The summed E-state index contributed by atoms with van der Waals surface area (Å²) in [6.45, 7) is 4.53. The number of allylic oxidation sites excluding steroid dienone is 1. The molecular weight excluding hydrogens is 906 g/mol. The number of nitrogens with zero attached hydrogens (tertiary/aromatic N) is 3. The number of benzene rings is 6. The third-order valence-corrected chi connectivity index (χ3v) is 14.3. The van der Waals surface area contributed by atoms with E-state index in [1.54, 1.807) is 47.4 Å². The third-order valence-electron chi connectivity index (χ3n) is 14.3. The number of rotatable bonds is 21. The number of halogens is 1. The fraction of sp³-hybridized carbons (Fsp3) is 0.295. The van der Waals surface area contributed by atoms with Crippen molar-refractivity contribution in [1.29, 1.82) is 5.26 Å². The van der Waals surface area contributed by atoms with Gasteiger partial charge in [0.15, 0.2) is 0 Å². The van der Waals surface area contributed by atoms with E-state index in [9.17, 15) is 19.9 Å². The predicted octanol–water partition coefficient (Wildman–Crippen LogP) is 12.3. The van der Waals surface area contributed by atoms with Crippen LogP contribution in [0.1, 0.15) is 83.5 Å². The first-order valence-electron chi connectivity index (χ1n) is 25.0. The molecule has 1 heterocycles. The number of hydrogen-bond acceptors (Lipinski definition) is 9. The Morgan fingerprint density at radius 1 is 0.819 bits per heavy atom. The summed E-state index contributed by atoms with van der Waals surface area (Å²) in [5.74, 6) is -1.35. The number of fused-ring (bicyclic) bond motifs is 2. The van der Waals surface area contributed by atoms with Gasteiger partial charge < -0.3 is 34.2 Å². The van der Waals surface area contributed by atoms with Crippen molar-refractivity contribution in [2.24, 2.45) is 22.9 Å². The van der Waals surface area contributed by atoms with Gasteiger partial charge in [0.1, 0.15) is 35.7 Å². The highest BCUT2D eigenvalue weighted by molar-refractivity contribution is 6.03. The van der Waals surface area contributed by atoms with Crippen LogP contribution >= 0.6 is 0 Å². The molecule has 1 amide bonds. The van der Waals surface area contributed by atoms with Crippen LogP contribution in [0.5, 0.6) is 17.2 Å². The second kappa shape index (κ2) is 23.2. The zero-order valence-corrected chi connectivity index (χ0v) is 40.3. The molecule has 1 saturated carbocycles. The molecule has 72 heavy (non-hydrogen) atoms. The number of carbonyl (C=O) groups is 1. The maximum absolute atomic E-state index is 15.5. The lowest BCUT2D eigenvalue weighted by Crippen LogP contribution is -2.70. The molecule has 6 aromatic rings. The number of hydrogen-bond donors (Lipinski definition) is 2. The molecule has 0 unspecified atom stereocenters. The van der Waals surface area contributed by atoms with E-state index in [2.05, 4.69) is 36.9 Å². The molecule has 2 aliphatic carbocycles. The molecule has 11 heteroatoms. The zero-order chi connectivity index (χ0) is 49.9. The highest BCUT2D eigenvalue weighted by Gasteiger charge is 2.65. The Bertz CT molecular complexity index is 2890. The maximum atomic E-state index is 15.5. The molecule has 0 radical (unpaired) electrons. The van der Waals surface area contributed by atoms with Gasteiger partial charge in [-0.2, -0.15) is 5.26 Å². The van der Waals surface area contributed by atoms with Crippen LogP contribution in [0.15, 0.2) is 181 Å². The van der Waals surface area contributed by atoms with E-state index >= 15 is 4.79 Å². The number of nitriles is 1. The minimum absolute atomic E-state index is 0.0103. The Hall–Kier alpha value is -7.36. The van der Waals surface area contributed by atoms with E-state index in [0.717, 1.165) is 53.5 Å². The van der Waals surface area contributed by atoms with Crippen LogP contribution in [0.2, 0.25) is 0 Å². The van der Waals surface area contributed by atoms with Crippen LogP contribution in [-0.2, 0) is 22.7 Å². The largest absolute Gasteiger partial charge is 0.459 e. The van der Waals surface area contributed by atoms with E-state index in [1.165, 1.54) is 12.1 Å². The van der Waals surface area contributed by atoms with Gasteiger partial charge in [0.25, 0.3) is 5.91 Å². The first-order chi connectivity index (χ1) is 35.3. The van der Waals surface area contributed by atoms with Crippen LogP contribution < -0.4 is 9.47 Å². The molecule has 9 rings (SSSR count). The molecule has 0 aromatic heterocycles. The lowest BCUT2D eigenvalue weighted by molar-refractivity contribution is -0.255. The second-order valence-electron chi connectivity index (χ2n) is 18.8. The summed E-state index contributed by atoms with van der Waals surface area (Å²) < 4.78 is 35.9. The molecule has 0 saturated heterocycles. The van der Waals surface area contributed by atoms with Crippen LogP contribution in [-0.4, -0.2) is 58.4 Å². The van der Waals surface area contributed by atoms with Gasteiger partial charge in [0.2, 0.25) is 5.79 Å². The minimum Gasteiger partial charge on any atom is -0.459 e. The highest BCUT2D eigenvalue weighted by Crippen LogP contribution is 2.62. The fourth-order valence-electron chi connectivity index (χ4n) is 10.9. The lowest BCUT2D eigenvalue weighted by atomic mass is 9.55. The number of aliphatic hydroxyl groups is 2. The van der Waals surface area contributed by atoms with Crippen molar-refractivity contribution in [3.8, 4) is 34.4 Å². The lowest BCUT2D eigenvalue weighted by Gasteiger charge is -2.60. The third kappa shape index (κ3) is 10.9. The van der Waals surface area contributed by atoms with E-state index in [-0.39, 0.29) is 63.1 Å². The average molecular weight is 966 g/mol. The van der Waals surface area contributed by atoms with Crippen LogP contribution in [0.3, 0.4) is 0 Å². The standard InChI is InChI=1S/C61H60FN3O7/c1-2-35-69-61-57(65(40-43-21-27-49(62)28-22-43)60(68)47-23-19-42(39-63)20-24-47)38-55(64-70-41-44-13-5-3-6-14-44)53-36-48(17-9-11-33-66)52(18-10-12-34-67)58(59(53)61)54-37-51(31-32-56(54)72-61)71-50-29-25-46(26-30-50)45-15-7-4-8-16-45/h2-8,13-16,19-32,36-37,48,52,57-59,66-67H,1,9-12,17-18,33-35,38,40-41H2/t48-,52+,57-,58+,59+,61+/m0/s1. The molecule has 2 N–H and O–H groups in total. The summed E-state index contributed by atoms with van der Waals surface area (Å²) in [6.07, 6.45) is 8.48. The molecular formula is C61H60FN3O7. The summed E-state index contributed by atoms with van der Waals surface area (Å²) >= 11 is 0. The molecule has 368 valence electrons.